The van der Waals surface area contributed by atoms with Crippen molar-refractivity contribution in [1.29, 1.82) is 0 Å². The molecule has 0 fully saturated rings. The summed E-state index contributed by atoms with van der Waals surface area (Å²) in [5.74, 6) is -0.503. The molecule has 0 bridgehead atoms. The minimum absolute atomic E-state index is 0.0983. The first-order chi connectivity index (χ1) is 16.3. The third-order valence-electron chi connectivity index (χ3n) is 5.14. The average Bonchev–Trinajstić information content (AvgIpc) is 2.82. The predicted octanol–water partition coefficient (Wildman–Crippen LogP) is 5.02. The van der Waals surface area contributed by atoms with Crippen molar-refractivity contribution in [3.8, 4) is 5.75 Å². The molecule has 0 spiro atoms. The van der Waals surface area contributed by atoms with Crippen molar-refractivity contribution in [2.75, 3.05) is 6.61 Å². The molecule has 0 saturated carbocycles. The molecule has 1 N–H and O–H groups in total. The van der Waals surface area contributed by atoms with Crippen LogP contribution in [0.15, 0.2) is 78.9 Å². The SMILES string of the molecule is CC(C)NC(=O)[C@H](Cc1ccccc1)N(Cc1ccc(F)cc1)C(=O)COc1ccc(Cl)cc1. The van der Waals surface area contributed by atoms with Crippen LogP contribution in [0.1, 0.15) is 25.0 Å². The van der Waals surface area contributed by atoms with Gasteiger partial charge in [0.2, 0.25) is 5.91 Å². The Balaban J connectivity index is 1.89. The maximum atomic E-state index is 13.5. The highest BCUT2D eigenvalue weighted by Crippen LogP contribution is 2.18. The van der Waals surface area contributed by atoms with Gasteiger partial charge in [-0.1, -0.05) is 54.1 Å². The molecule has 0 aliphatic rings. The molecule has 7 heteroatoms. The summed E-state index contributed by atoms with van der Waals surface area (Å²) in [4.78, 5) is 28.1. The third kappa shape index (κ3) is 7.59. The van der Waals surface area contributed by atoms with Gasteiger partial charge in [-0.3, -0.25) is 9.59 Å². The van der Waals surface area contributed by atoms with Crippen LogP contribution in [0.2, 0.25) is 5.02 Å². The summed E-state index contributed by atoms with van der Waals surface area (Å²) in [6.07, 6.45) is 0.327. The number of nitrogens with one attached hydrogen (secondary N) is 1. The largest absolute Gasteiger partial charge is 0.484 e. The van der Waals surface area contributed by atoms with E-state index in [-0.39, 0.29) is 36.8 Å². The number of hydrogen-bond donors (Lipinski definition) is 1. The molecule has 0 aromatic heterocycles. The molecule has 0 saturated heterocycles. The molecule has 3 aromatic carbocycles. The first-order valence-electron chi connectivity index (χ1n) is 11.1. The van der Waals surface area contributed by atoms with Gasteiger partial charge in [-0.05, 0) is 61.4 Å². The predicted molar refractivity (Wildman–Crippen MR) is 131 cm³/mol. The van der Waals surface area contributed by atoms with Crippen molar-refractivity contribution in [1.82, 2.24) is 10.2 Å². The number of hydrogen-bond acceptors (Lipinski definition) is 3. The monoisotopic (exact) mass is 482 g/mol. The fraction of sp³-hybridized carbons (Fsp3) is 0.259. The maximum absolute atomic E-state index is 13.5. The van der Waals surface area contributed by atoms with Crippen LogP contribution >= 0.6 is 11.6 Å². The smallest absolute Gasteiger partial charge is 0.261 e. The lowest BCUT2D eigenvalue weighted by molar-refractivity contribution is -0.143. The van der Waals surface area contributed by atoms with Crippen molar-refractivity contribution in [2.24, 2.45) is 0 Å². The van der Waals surface area contributed by atoms with Crippen molar-refractivity contribution in [2.45, 2.75) is 38.9 Å². The second kappa shape index (κ2) is 12.2. The van der Waals surface area contributed by atoms with Crippen molar-refractivity contribution >= 4 is 23.4 Å². The van der Waals surface area contributed by atoms with Crippen LogP contribution in [0.5, 0.6) is 5.75 Å². The fourth-order valence-corrected chi connectivity index (χ4v) is 3.61. The van der Waals surface area contributed by atoms with E-state index in [1.807, 2.05) is 44.2 Å². The quantitative estimate of drug-likeness (QED) is 0.441. The van der Waals surface area contributed by atoms with Crippen molar-refractivity contribution in [3.63, 3.8) is 0 Å². The zero-order chi connectivity index (χ0) is 24.5. The van der Waals surface area contributed by atoms with Crippen LogP contribution in [-0.4, -0.2) is 35.4 Å². The molecule has 0 unspecified atom stereocenters. The zero-order valence-corrected chi connectivity index (χ0v) is 20.0. The van der Waals surface area contributed by atoms with Crippen LogP contribution < -0.4 is 10.1 Å². The number of halogens is 2. The van der Waals surface area contributed by atoms with E-state index in [1.165, 1.54) is 17.0 Å². The van der Waals surface area contributed by atoms with Crippen molar-refractivity contribution in [3.05, 3.63) is 101 Å². The molecule has 34 heavy (non-hydrogen) atoms. The van der Waals surface area contributed by atoms with Gasteiger partial charge in [-0.25, -0.2) is 4.39 Å². The van der Waals surface area contributed by atoms with Gasteiger partial charge >= 0.3 is 0 Å². The number of rotatable bonds is 10. The minimum Gasteiger partial charge on any atom is -0.484 e. The third-order valence-corrected chi connectivity index (χ3v) is 5.40. The molecule has 5 nitrogen and oxygen atoms in total. The Bertz CT molecular complexity index is 1070. The first kappa shape index (κ1) is 25.2. The summed E-state index contributed by atoms with van der Waals surface area (Å²) in [5, 5.41) is 3.49. The Morgan fingerprint density at radius 3 is 2.21 bits per heavy atom. The van der Waals surface area contributed by atoms with Gasteiger partial charge in [-0.2, -0.15) is 0 Å². The molecular formula is C27H28ClFN2O3. The highest BCUT2D eigenvalue weighted by molar-refractivity contribution is 6.30. The van der Waals surface area contributed by atoms with E-state index >= 15 is 0 Å². The number of ether oxygens (including phenoxy) is 1. The van der Waals surface area contributed by atoms with Crippen LogP contribution in [0.4, 0.5) is 4.39 Å². The van der Waals surface area contributed by atoms with Gasteiger partial charge in [0.05, 0.1) is 0 Å². The second-order valence-corrected chi connectivity index (χ2v) is 8.70. The van der Waals surface area contributed by atoms with E-state index in [9.17, 15) is 14.0 Å². The number of benzene rings is 3. The fourth-order valence-electron chi connectivity index (χ4n) is 3.48. The maximum Gasteiger partial charge on any atom is 0.261 e. The Labute approximate surface area is 204 Å². The Morgan fingerprint density at radius 2 is 1.59 bits per heavy atom. The molecule has 0 radical (unpaired) electrons. The molecule has 2 amide bonds. The number of carbonyl (C=O) groups excluding carboxylic acids is 2. The average molecular weight is 483 g/mol. The van der Waals surface area contributed by atoms with E-state index in [4.69, 9.17) is 16.3 Å². The van der Waals surface area contributed by atoms with Gasteiger partial charge in [0, 0.05) is 24.0 Å². The standard InChI is InChI=1S/C27H28ClFN2O3/c1-19(2)30-27(33)25(16-20-6-4-3-5-7-20)31(17-21-8-12-23(29)13-9-21)26(32)18-34-24-14-10-22(28)11-15-24/h3-15,19,25H,16-18H2,1-2H3,(H,30,33)/t25-/m0/s1. The van der Waals surface area contributed by atoms with Gasteiger partial charge in [0.15, 0.2) is 6.61 Å². The first-order valence-corrected chi connectivity index (χ1v) is 11.5. The molecule has 0 heterocycles. The molecule has 0 aliphatic heterocycles. The van der Waals surface area contributed by atoms with E-state index in [1.54, 1.807) is 36.4 Å². The summed E-state index contributed by atoms with van der Waals surface area (Å²) in [7, 11) is 0. The normalized spacial score (nSPS) is 11.7. The highest BCUT2D eigenvalue weighted by atomic mass is 35.5. The summed E-state index contributed by atoms with van der Waals surface area (Å²) in [6.45, 7) is 3.61. The summed E-state index contributed by atoms with van der Waals surface area (Å²) >= 11 is 5.92. The van der Waals surface area contributed by atoms with E-state index in [0.29, 0.717) is 22.8 Å². The van der Waals surface area contributed by atoms with E-state index in [2.05, 4.69) is 5.32 Å². The van der Waals surface area contributed by atoms with Crippen LogP contribution in [-0.2, 0) is 22.6 Å². The molecule has 0 aliphatic carbocycles. The molecule has 1 atom stereocenters. The van der Waals surface area contributed by atoms with E-state index < -0.39 is 6.04 Å². The second-order valence-electron chi connectivity index (χ2n) is 8.26. The number of nitrogens with zero attached hydrogens (tertiary/aromatic N) is 1. The van der Waals surface area contributed by atoms with Crippen molar-refractivity contribution < 1.29 is 18.7 Å². The van der Waals surface area contributed by atoms with Gasteiger partial charge in [0.1, 0.15) is 17.6 Å². The Hall–Kier alpha value is -3.38. The summed E-state index contributed by atoms with van der Waals surface area (Å²) in [6, 6.07) is 21.2. The Kier molecular flexibility index (Phi) is 9.05. The van der Waals surface area contributed by atoms with Gasteiger partial charge in [-0.15, -0.1) is 0 Å². The van der Waals surface area contributed by atoms with Crippen LogP contribution in [0.25, 0.3) is 0 Å². The summed E-state index contributed by atoms with van der Waals surface area (Å²) in [5.41, 5.74) is 1.62. The van der Waals surface area contributed by atoms with Gasteiger partial charge < -0.3 is 15.0 Å². The summed E-state index contributed by atoms with van der Waals surface area (Å²) < 4.78 is 19.1. The molecule has 178 valence electrons. The molecule has 3 aromatic rings. The Morgan fingerprint density at radius 1 is 0.941 bits per heavy atom. The molecular weight excluding hydrogens is 455 g/mol. The highest BCUT2D eigenvalue weighted by Gasteiger charge is 2.31. The molecule has 3 rings (SSSR count). The lowest BCUT2D eigenvalue weighted by Gasteiger charge is -2.32. The van der Waals surface area contributed by atoms with Crippen LogP contribution in [0, 0.1) is 5.82 Å². The van der Waals surface area contributed by atoms with Gasteiger partial charge in [0.25, 0.3) is 5.91 Å². The number of carbonyl (C=O) groups is 2. The lowest BCUT2D eigenvalue weighted by Crippen LogP contribution is -2.52. The number of amides is 2. The minimum atomic E-state index is -0.781. The zero-order valence-electron chi connectivity index (χ0n) is 19.2. The lowest BCUT2D eigenvalue weighted by atomic mass is 10.0. The van der Waals surface area contributed by atoms with E-state index in [0.717, 1.165) is 5.56 Å². The topological polar surface area (TPSA) is 58.6 Å². The van der Waals surface area contributed by atoms with Crippen LogP contribution in [0.3, 0.4) is 0 Å².